The zero-order valence-corrected chi connectivity index (χ0v) is 20.3. The van der Waals surface area contributed by atoms with Gasteiger partial charge in [0.1, 0.15) is 11.8 Å². The summed E-state index contributed by atoms with van der Waals surface area (Å²) < 4.78 is 0. The zero-order chi connectivity index (χ0) is 24.5. The monoisotopic (exact) mass is 480 g/mol. The molecule has 0 saturated heterocycles. The number of benzodiazepines with no additional fused rings is 1. The van der Waals surface area contributed by atoms with Crippen molar-refractivity contribution in [3.05, 3.63) is 118 Å². The topological polar surface area (TPSA) is 52.9 Å². The molecular formula is C30H25ClN2O2. The highest BCUT2D eigenvalue weighted by atomic mass is 35.5. The summed E-state index contributed by atoms with van der Waals surface area (Å²) in [5.74, 6) is 0.0909. The number of phenolic OH excluding ortho intramolecular Hbond substituents is 1. The third-order valence-corrected chi connectivity index (χ3v) is 6.72. The average molecular weight is 481 g/mol. The van der Waals surface area contributed by atoms with Crippen LogP contribution in [0, 0.1) is 6.92 Å². The number of hydrogen-bond acceptors (Lipinski definition) is 3. The summed E-state index contributed by atoms with van der Waals surface area (Å²) in [4.78, 5) is 20.4. The second kappa shape index (κ2) is 9.40. The number of hydrogen-bond donors (Lipinski definition) is 1. The maximum atomic E-state index is 13.7. The minimum Gasteiger partial charge on any atom is -0.508 e. The number of carbonyl (C=O) groups excluding carboxylic acids is 1. The van der Waals surface area contributed by atoms with Gasteiger partial charge >= 0.3 is 0 Å². The number of aromatic hydroxyl groups is 1. The fourth-order valence-corrected chi connectivity index (χ4v) is 4.81. The number of amides is 1. The second-order valence-corrected chi connectivity index (χ2v) is 9.21. The Morgan fingerprint density at radius 3 is 2.31 bits per heavy atom. The molecule has 1 amide bonds. The fraction of sp³-hybridized carbons (Fsp3) is 0.133. The Morgan fingerprint density at radius 2 is 1.57 bits per heavy atom. The van der Waals surface area contributed by atoms with Gasteiger partial charge in [0, 0.05) is 29.6 Å². The van der Waals surface area contributed by atoms with Gasteiger partial charge in [0.25, 0.3) is 5.91 Å². The van der Waals surface area contributed by atoms with Gasteiger partial charge in [0.2, 0.25) is 0 Å². The van der Waals surface area contributed by atoms with Crippen molar-refractivity contribution < 1.29 is 9.90 Å². The van der Waals surface area contributed by atoms with E-state index in [0.717, 1.165) is 33.5 Å². The van der Waals surface area contributed by atoms with Gasteiger partial charge in [-0.2, -0.15) is 0 Å². The first-order valence-corrected chi connectivity index (χ1v) is 11.9. The van der Waals surface area contributed by atoms with E-state index in [0.29, 0.717) is 17.2 Å². The molecular weight excluding hydrogens is 456 g/mol. The molecule has 1 aliphatic heterocycles. The quantitative estimate of drug-likeness (QED) is 0.365. The molecule has 0 fully saturated rings. The molecule has 0 saturated carbocycles. The van der Waals surface area contributed by atoms with Gasteiger partial charge in [-0.15, -0.1) is 0 Å². The largest absolute Gasteiger partial charge is 0.508 e. The number of halogens is 1. The molecule has 1 heterocycles. The summed E-state index contributed by atoms with van der Waals surface area (Å²) in [7, 11) is 1.78. The van der Waals surface area contributed by atoms with Crippen molar-refractivity contribution >= 4 is 28.9 Å². The van der Waals surface area contributed by atoms with Crippen LogP contribution in [-0.4, -0.2) is 29.8 Å². The summed E-state index contributed by atoms with van der Waals surface area (Å²) in [5, 5.41) is 10.4. The smallest absolute Gasteiger partial charge is 0.251 e. The summed E-state index contributed by atoms with van der Waals surface area (Å²) in [6.07, 6.45) is 0.455. The lowest BCUT2D eigenvalue weighted by Gasteiger charge is -2.21. The number of rotatable bonds is 4. The van der Waals surface area contributed by atoms with Crippen LogP contribution in [0.4, 0.5) is 5.69 Å². The highest BCUT2D eigenvalue weighted by molar-refractivity contribution is 6.32. The Morgan fingerprint density at radius 1 is 0.886 bits per heavy atom. The van der Waals surface area contributed by atoms with Crippen molar-refractivity contribution in [2.24, 2.45) is 4.99 Å². The minimum absolute atomic E-state index is 0.0815. The normalized spacial score (nSPS) is 15.4. The first-order chi connectivity index (χ1) is 16.9. The molecule has 1 aliphatic rings. The maximum Gasteiger partial charge on any atom is 0.251 e. The molecule has 0 unspecified atom stereocenters. The Bertz CT molecular complexity index is 1440. The Labute approximate surface area is 210 Å². The van der Waals surface area contributed by atoms with Crippen LogP contribution in [0.2, 0.25) is 5.02 Å². The van der Waals surface area contributed by atoms with E-state index in [1.807, 2.05) is 48.5 Å². The number of likely N-dealkylation sites (N-methyl/N-ethyl adjacent to an activating group) is 1. The molecule has 0 aromatic heterocycles. The Kier molecular flexibility index (Phi) is 6.14. The molecule has 0 radical (unpaired) electrons. The van der Waals surface area contributed by atoms with Crippen molar-refractivity contribution in [3.8, 4) is 16.9 Å². The average Bonchev–Trinajstić information content (AvgIpc) is 2.96. The number of benzene rings is 4. The minimum atomic E-state index is -0.625. The first kappa shape index (κ1) is 22.9. The fourth-order valence-electron chi connectivity index (χ4n) is 4.64. The number of aryl methyl sites for hydroxylation is 1. The zero-order valence-electron chi connectivity index (χ0n) is 19.6. The van der Waals surface area contributed by atoms with E-state index in [4.69, 9.17) is 16.6 Å². The summed E-state index contributed by atoms with van der Waals surface area (Å²) in [6, 6.07) is 28.2. The van der Waals surface area contributed by atoms with Gasteiger partial charge in [0.05, 0.1) is 11.4 Å². The van der Waals surface area contributed by atoms with Gasteiger partial charge in [-0.05, 0) is 71.6 Å². The molecule has 0 bridgehead atoms. The number of carbonyl (C=O) groups is 1. The third kappa shape index (κ3) is 4.45. The molecule has 0 spiro atoms. The lowest BCUT2D eigenvalue weighted by atomic mass is 9.92. The molecule has 5 rings (SSSR count). The molecule has 1 atom stereocenters. The molecule has 4 nitrogen and oxygen atoms in total. The van der Waals surface area contributed by atoms with Gasteiger partial charge in [-0.3, -0.25) is 9.79 Å². The van der Waals surface area contributed by atoms with Gasteiger partial charge in [0.15, 0.2) is 0 Å². The van der Waals surface area contributed by atoms with Crippen molar-refractivity contribution in [1.29, 1.82) is 0 Å². The van der Waals surface area contributed by atoms with Crippen LogP contribution in [0.3, 0.4) is 0 Å². The second-order valence-electron chi connectivity index (χ2n) is 8.78. The number of fused-ring (bicyclic) bond motifs is 1. The van der Waals surface area contributed by atoms with Crippen LogP contribution < -0.4 is 4.90 Å². The van der Waals surface area contributed by atoms with Crippen molar-refractivity contribution in [1.82, 2.24) is 0 Å². The van der Waals surface area contributed by atoms with Crippen molar-refractivity contribution in [2.75, 3.05) is 11.9 Å². The van der Waals surface area contributed by atoms with E-state index in [-0.39, 0.29) is 11.7 Å². The Balaban J connectivity index is 1.64. The van der Waals surface area contributed by atoms with E-state index in [1.165, 1.54) is 5.56 Å². The van der Waals surface area contributed by atoms with Crippen molar-refractivity contribution in [3.63, 3.8) is 0 Å². The predicted octanol–water partition coefficient (Wildman–Crippen LogP) is 6.45. The lowest BCUT2D eigenvalue weighted by molar-refractivity contribution is -0.119. The molecule has 0 aliphatic carbocycles. The van der Waals surface area contributed by atoms with Crippen LogP contribution in [0.1, 0.15) is 22.3 Å². The molecule has 174 valence electrons. The number of phenols is 1. The van der Waals surface area contributed by atoms with Crippen molar-refractivity contribution in [2.45, 2.75) is 19.4 Å². The standard InChI is InChI=1S/C30H25ClN2O2/c1-19-7-3-5-9-24(19)25-10-6-4-8-21(25)17-27-30(35)33(2)28-16-13-22(31)18-26(28)29(32-27)20-11-14-23(34)15-12-20/h3-16,18,27,34H,17H2,1-2H3/t27-/m0/s1. The van der Waals surface area contributed by atoms with E-state index in [9.17, 15) is 9.90 Å². The van der Waals surface area contributed by atoms with Gasteiger partial charge in [-0.1, -0.05) is 60.1 Å². The lowest BCUT2D eigenvalue weighted by Crippen LogP contribution is -2.36. The molecule has 35 heavy (non-hydrogen) atoms. The first-order valence-electron chi connectivity index (χ1n) is 11.5. The molecule has 4 aromatic carbocycles. The van der Waals surface area contributed by atoms with Crippen LogP contribution in [0.15, 0.2) is 96.0 Å². The molecule has 1 N–H and O–H groups in total. The number of aliphatic imine (C=N–C) groups is 1. The van der Waals surface area contributed by atoms with E-state index >= 15 is 0 Å². The highest BCUT2D eigenvalue weighted by Crippen LogP contribution is 2.33. The van der Waals surface area contributed by atoms with E-state index in [2.05, 4.69) is 31.2 Å². The van der Waals surface area contributed by atoms with Crippen LogP contribution in [0.25, 0.3) is 11.1 Å². The van der Waals surface area contributed by atoms with Crippen LogP contribution >= 0.6 is 11.6 Å². The van der Waals surface area contributed by atoms with Gasteiger partial charge in [-0.25, -0.2) is 0 Å². The van der Waals surface area contributed by atoms with E-state index in [1.54, 1.807) is 30.1 Å². The van der Waals surface area contributed by atoms with Gasteiger partial charge < -0.3 is 10.0 Å². The molecule has 5 heteroatoms. The SMILES string of the molecule is Cc1ccccc1-c1ccccc1C[C@@H]1N=C(c2ccc(O)cc2)c2cc(Cl)ccc2N(C)C1=O. The van der Waals surface area contributed by atoms with Crippen LogP contribution in [-0.2, 0) is 11.2 Å². The predicted molar refractivity (Wildman–Crippen MR) is 143 cm³/mol. The summed E-state index contributed by atoms with van der Waals surface area (Å²) in [6.45, 7) is 2.10. The number of nitrogens with zero attached hydrogens (tertiary/aromatic N) is 2. The maximum absolute atomic E-state index is 13.7. The third-order valence-electron chi connectivity index (χ3n) is 6.48. The number of anilines is 1. The van der Waals surface area contributed by atoms with Crippen LogP contribution in [0.5, 0.6) is 5.75 Å². The summed E-state index contributed by atoms with van der Waals surface area (Å²) in [5.41, 5.74) is 7.52. The Hall–Kier alpha value is -3.89. The van der Waals surface area contributed by atoms with E-state index < -0.39 is 6.04 Å². The molecule has 4 aromatic rings. The highest BCUT2D eigenvalue weighted by Gasteiger charge is 2.31. The summed E-state index contributed by atoms with van der Waals surface area (Å²) >= 11 is 6.36.